The largest absolute Gasteiger partial charge is 0.324 e. The molecule has 1 fully saturated rings. The first-order chi connectivity index (χ1) is 8.20. The van der Waals surface area contributed by atoms with Crippen LogP contribution in [0.25, 0.3) is 11.0 Å². The van der Waals surface area contributed by atoms with Gasteiger partial charge in [-0.25, -0.2) is 4.98 Å². The Bertz CT molecular complexity index is 617. The van der Waals surface area contributed by atoms with Crippen LogP contribution in [0.15, 0.2) is 18.2 Å². The van der Waals surface area contributed by atoms with E-state index in [1.165, 1.54) is 12.8 Å². The highest BCUT2D eigenvalue weighted by molar-refractivity contribution is 6.20. The van der Waals surface area contributed by atoms with E-state index >= 15 is 0 Å². The molecule has 1 unspecified atom stereocenters. The van der Waals surface area contributed by atoms with E-state index in [0.717, 1.165) is 16.9 Å². The van der Waals surface area contributed by atoms with Crippen LogP contribution in [0.2, 0.25) is 0 Å². The van der Waals surface area contributed by atoms with Gasteiger partial charge in [0.05, 0.1) is 28.0 Å². The van der Waals surface area contributed by atoms with Gasteiger partial charge >= 0.3 is 0 Å². The number of benzene rings is 1. The molecular weight excluding hydrogens is 234 g/mol. The van der Waals surface area contributed by atoms with Crippen LogP contribution in [0.5, 0.6) is 0 Å². The van der Waals surface area contributed by atoms with E-state index < -0.39 is 0 Å². The molecule has 3 nitrogen and oxygen atoms in total. The second-order valence-electron chi connectivity index (χ2n) is 4.50. The van der Waals surface area contributed by atoms with Crippen molar-refractivity contribution in [2.45, 2.75) is 31.2 Å². The molecule has 86 valence electrons. The van der Waals surface area contributed by atoms with Crippen molar-refractivity contribution in [3.63, 3.8) is 0 Å². The predicted octanol–water partition coefficient (Wildman–Crippen LogP) is 3.54. The summed E-state index contributed by atoms with van der Waals surface area (Å²) in [5.74, 6) is 0.916. The van der Waals surface area contributed by atoms with Crippen LogP contribution >= 0.6 is 11.6 Å². The summed E-state index contributed by atoms with van der Waals surface area (Å²) < 4.78 is 2.20. The molecule has 0 N–H and O–H groups in total. The molecule has 4 heteroatoms. The molecule has 1 aliphatic rings. The SMILES string of the molecule is CC(Cl)c1nc2ccc(C#N)cc2n1C1CC1. The fourth-order valence-corrected chi connectivity index (χ4v) is 2.33. The van der Waals surface area contributed by atoms with Gasteiger partial charge in [-0.3, -0.25) is 0 Å². The van der Waals surface area contributed by atoms with E-state index in [-0.39, 0.29) is 5.38 Å². The standard InChI is InChI=1S/C13H12ClN3/c1-8(14)13-16-11-5-2-9(7-15)6-12(11)17(13)10-3-4-10/h2,5-6,8,10H,3-4H2,1H3. The zero-order valence-electron chi connectivity index (χ0n) is 9.52. The van der Waals surface area contributed by atoms with Crippen molar-refractivity contribution in [3.8, 4) is 6.07 Å². The second-order valence-corrected chi connectivity index (χ2v) is 5.16. The highest BCUT2D eigenvalue weighted by Gasteiger charge is 2.29. The van der Waals surface area contributed by atoms with Crippen LogP contribution in [0.3, 0.4) is 0 Å². The summed E-state index contributed by atoms with van der Waals surface area (Å²) >= 11 is 6.18. The topological polar surface area (TPSA) is 41.6 Å². The van der Waals surface area contributed by atoms with Gasteiger partial charge in [0.25, 0.3) is 0 Å². The number of hydrogen-bond donors (Lipinski definition) is 0. The fourth-order valence-electron chi connectivity index (χ4n) is 2.18. The van der Waals surface area contributed by atoms with Crippen LogP contribution < -0.4 is 0 Å². The maximum atomic E-state index is 8.95. The molecule has 17 heavy (non-hydrogen) atoms. The first-order valence-corrected chi connectivity index (χ1v) is 6.20. The molecule has 2 aromatic rings. The van der Waals surface area contributed by atoms with Crippen LogP contribution in [0.4, 0.5) is 0 Å². The Morgan fingerprint density at radius 3 is 2.88 bits per heavy atom. The number of fused-ring (bicyclic) bond motifs is 1. The summed E-state index contributed by atoms with van der Waals surface area (Å²) in [4.78, 5) is 4.57. The number of rotatable bonds is 2. The molecule has 1 aliphatic carbocycles. The molecule has 0 radical (unpaired) electrons. The quantitative estimate of drug-likeness (QED) is 0.760. The minimum absolute atomic E-state index is 0.103. The van der Waals surface area contributed by atoms with Gasteiger partial charge in [0.2, 0.25) is 0 Å². The van der Waals surface area contributed by atoms with Crippen molar-refractivity contribution in [1.29, 1.82) is 5.26 Å². The van der Waals surface area contributed by atoms with Crippen molar-refractivity contribution in [2.24, 2.45) is 0 Å². The lowest BCUT2D eigenvalue weighted by atomic mass is 10.2. The summed E-state index contributed by atoms with van der Waals surface area (Å²) in [6, 6.07) is 8.29. The molecule has 0 amide bonds. The van der Waals surface area contributed by atoms with E-state index in [4.69, 9.17) is 16.9 Å². The van der Waals surface area contributed by atoms with Crippen molar-refractivity contribution < 1.29 is 0 Å². The Kier molecular flexibility index (Phi) is 2.34. The Balaban J connectivity index is 2.29. The Labute approximate surface area is 105 Å². The number of halogens is 1. The summed E-state index contributed by atoms with van der Waals surface area (Å²) in [5.41, 5.74) is 2.64. The average Bonchev–Trinajstić information content (AvgIpc) is 3.08. The van der Waals surface area contributed by atoms with Crippen LogP contribution in [-0.4, -0.2) is 9.55 Å². The Morgan fingerprint density at radius 2 is 2.29 bits per heavy atom. The van der Waals surface area contributed by atoms with Crippen LogP contribution in [-0.2, 0) is 0 Å². The third kappa shape index (κ3) is 1.69. The summed E-state index contributed by atoms with van der Waals surface area (Å²) in [5, 5.41) is 8.85. The Hall–Kier alpha value is -1.53. The number of nitrogens with zero attached hydrogens (tertiary/aromatic N) is 3. The highest BCUT2D eigenvalue weighted by atomic mass is 35.5. The summed E-state index contributed by atoms with van der Waals surface area (Å²) in [6.07, 6.45) is 2.36. The van der Waals surface area contributed by atoms with Gasteiger partial charge in [-0.15, -0.1) is 11.6 Å². The van der Waals surface area contributed by atoms with Crippen molar-refractivity contribution in [1.82, 2.24) is 9.55 Å². The minimum atomic E-state index is -0.103. The first kappa shape index (κ1) is 10.6. The molecule has 1 heterocycles. The minimum Gasteiger partial charge on any atom is -0.324 e. The van der Waals surface area contributed by atoms with Gasteiger partial charge in [-0.2, -0.15) is 5.26 Å². The van der Waals surface area contributed by atoms with E-state index in [0.29, 0.717) is 11.6 Å². The van der Waals surface area contributed by atoms with Crippen LogP contribution in [0.1, 0.15) is 42.6 Å². The van der Waals surface area contributed by atoms with E-state index in [1.807, 2.05) is 19.1 Å². The molecule has 0 spiro atoms. The number of nitriles is 1. The van der Waals surface area contributed by atoms with Crippen molar-refractivity contribution >= 4 is 22.6 Å². The van der Waals surface area contributed by atoms with Crippen molar-refractivity contribution in [2.75, 3.05) is 0 Å². The van der Waals surface area contributed by atoms with Gasteiger partial charge in [0.15, 0.2) is 0 Å². The molecule has 0 bridgehead atoms. The number of aromatic nitrogens is 2. The molecule has 0 saturated heterocycles. The Morgan fingerprint density at radius 1 is 1.53 bits per heavy atom. The maximum Gasteiger partial charge on any atom is 0.127 e. The molecular formula is C13H12ClN3. The third-order valence-electron chi connectivity index (χ3n) is 3.11. The summed E-state index contributed by atoms with van der Waals surface area (Å²) in [6.45, 7) is 1.94. The van der Waals surface area contributed by atoms with E-state index in [1.54, 1.807) is 6.07 Å². The molecule has 1 aromatic heterocycles. The van der Waals surface area contributed by atoms with Gasteiger partial charge < -0.3 is 4.57 Å². The molecule has 0 aliphatic heterocycles. The monoisotopic (exact) mass is 245 g/mol. The van der Waals surface area contributed by atoms with E-state index in [9.17, 15) is 0 Å². The maximum absolute atomic E-state index is 8.95. The van der Waals surface area contributed by atoms with Gasteiger partial charge in [-0.05, 0) is 38.0 Å². The normalized spacial score (nSPS) is 17.0. The average molecular weight is 246 g/mol. The van der Waals surface area contributed by atoms with E-state index in [2.05, 4.69) is 15.6 Å². The van der Waals surface area contributed by atoms with Crippen LogP contribution in [0, 0.1) is 11.3 Å². The number of imidazole rings is 1. The van der Waals surface area contributed by atoms with Gasteiger partial charge in [0, 0.05) is 6.04 Å². The lowest BCUT2D eigenvalue weighted by Crippen LogP contribution is -2.01. The third-order valence-corrected chi connectivity index (χ3v) is 3.31. The van der Waals surface area contributed by atoms with Gasteiger partial charge in [0.1, 0.15) is 5.82 Å². The smallest absolute Gasteiger partial charge is 0.127 e. The molecule has 1 atom stereocenters. The first-order valence-electron chi connectivity index (χ1n) is 5.77. The molecule has 1 saturated carbocycles. The fraction of sp³-hybridized carbons (Fsp3) is 0.385. The lowest BCUT2D eigenvalue weighted by Gasteiger charge is -2.08. The molecule has 3 rings (SSSR count). The lowest BCUT2D eigenvalue weighted by molar-refractivity contribution is 0.700. The summed E-state index contributed by atoms with van der Waals surface area (Å²) in [7, 11) is 0. The second kappa shape index (κ2) is 3.75. The number of alkyl halides is 1. The van der Waals surface area contributed by atoms with Crippen molar-refractivity contribution in [3.05, 3.63) is 29.6 Å². The number of hydrogen-bond acceptors (Lipinski definition) is 2. The molecule has 1 aromatic carbocycles. The van der Waals surface area contributed by atoms with Gasteiger partial charge in [-0.1, -0.05) is 0 Å². The zero-order chi connectivity index (χ0) is 12.0. The zero-order valence-corrected chi connectivity index (χ0v) is 10.3. The highest BCUT2D eigenvalue weighted by Crippen LogP contribution is 2.40. The predicted molar refractivity (Wildman–Crippen MR) is 67.0 cm³/mol.